The van der Waals surface area contributed by atoms with E-state index in [0.29, 0.717) is 6.61 Å². The maximum Gasteiger partial charge on any atom is 0.0494 e. The maximum absolute atomic E-state index is 9.18. The molecule has 0 saturated heterocycles. The summed E-state index contributed by atoms with van der Waals surface area (Å²) in [7, 11) is 0. The Morgan fingerprint density at radius 2 is 0.971 bits per heavy atom. The van der Waals surface area contributed by atoms with Crippen LogP contribution in [0, 0.1) is 5.92 Å². The molecule has 0 aromatic carbocycles. The summed E-state index contributed by atoms with van der Waals surface area (Å²) >= 11 is 0. The molecule has 1 N–H and O–H groups in total. The van der Waals surface area contributed by atoms with E-state index in [0.717, 1.165) is 32.1 Å². The van der Waals surface area contributed by atoms with Crippen LogP contribution in [0.1, 0.15) is 156 Å². The molecule has 3 heteroatoms. The Kier molecular flexibility index (Phi) is 29.0. The molecule has 0 rings (SSSR count). The molecule has 0 spiro atoms. The molecule has 0 fully saturated rings. The van der Waals surface area contributed by atoms with Crippen LogP contribution in [0.5, 0.6) is 0 Å². The smallest absolute Gasteiger partial charge is 0.0494 e. The lowest BCUT2D eigenvalue weighted by molar-refractivity contribution is 0.0877. The third-order valence-electron chi connectivity index (χ3n) is 7.26. The van der Waals surface area contributed by atoms with Gasteiger partial charge in [0.15, 0.2) is 0 Å². The van der Waals surface area contributed by atoms with Crippen LogP contribution in [0.4, 0.5) is 0 Å². The fourth-order valence-corrected chi connectivity index (χ4v) is 4.92. The Morgan fingerprint density at radius 3 is 1.56 bits per heavy atom. The van der Waals surface area contributed by atoms with E-state index in [1.165, 1.54) is 142 Å². The van der Waals surface area contributed by atoms with Crippen LogP contribution in [0.25, 0.3) is 0 Å². The lowest BCUT2D eigenvalue weighted by Gasteiger charge is -2.22. The summed E-state index contributed by atoms with van der Waals surface area (Å²) in [6.45, 7) is 12.6. The van der Waals surface area contributed by atoms with Crippen molar-refractivity contribution in [2.75, 3.05) is 39.5 Å². The normalized spacial score (nSPS) is 12.6. The number of aliphatic hydroxyl groups is 1. The largest absolute Gasteiger partial charge is 0.396 e. The minimum absolute atomic E-state index is 0.321. The van der Waals surface area contributed by atoms with Gasteiger partial charge in [0.05, 0.1) is 0 Å². The topological polar surface area (TPSA) is 32.7 Å². The molecule has 0 aromatic heterocycles. The average molecular weight is 484 g/mol. The van der Waals surface area contributed by atoms with Crippen molar-refractivity contribution in [3.05, 3.63) is 0 Å². The maximum atomic E-state index is 9.18. The lowest BCUT2D eigenvalue weighted by atomic mass is 9.95. The number of hydrogen-bond donors (Lipinski definition) is 1. The average Bonchev–Trinajstić information content (AvgIpc) is 2.85. The highest BCUT2D eigenvalue weighted by Crippen LogP contribution is 2.19. The first kappa shape index (κ1) is 33.9. The van der Waals surface area contributed by atoms with Crippen molar-refractivity contribution in [2.45, 2.75) is 156 Å². The summed E-state index contributed by atoms with van der Waals surface area (Å²) in [5.74, 6) is 0.788. The Bertz CT molecular complexity index is 363. The van der Waals surface area contributed by atoms with Crippen molar-refractivity contribution < 1.29 is 9.84 Å². The molecule has 0 amide bonds. The van der Waals surface area contributed by atoms with Gasteiger partial charge >= 0.3 is 0 Å². The van der Waals surface area contributed by atoms with Crippen LogP contribution in [-0.2, 0) is 4.74 Å². The Morgan fingerprint density at radius 1 is 0.529 bits per heavy atom. The summed E-state index contributed by atoms with van der Waals surface area (Å²) in [5.41, 5.74) is 0. The summed E-state index contributed by atoms with van der Waals surface area (Å²) in [5, 5.41) is 9.18. The van der Waals surface area contributed by atoms with Gasteiger partial charge in [-0.15, -0.1) is 0 Å². The van der Waals surface area contributed by atoms with Crippen LogP contribution in [-0.4, -0.2) is 49.5 Å². The van der Waals surface area contributed by atoms with Gasteiger partial charge in [0.25, 0.3) is 0 Å². The van der Waals surface area contributed by atoms with Gasteiger partial charge < -0.3 is 14.7 Å². The zero-order chi connectivity index (χ0) is 25.0. The number of ether oxygens (including phenoxy) is 1. The monoisotopic (exact) mass is 484 g/mol. The number of unbranched alkanes of at least 4 members (excludes halogenated alkanes) is 14. The van der Waals surface area contributed by atoms with Gasteiger partial charge in [-0.05, 0) is 57.5 Å². The van der Waals surface area contributed by atoms with Crippen molar-refractivity contribution in [2.24, 2.45) is 5.92 Å². The second-order valence-electron chi connectivity index (χ2n) is 10.7. The summed E-state index contributed by atoms with van der Waals surface area (Å²) in [4.78, 5) is 2.58. The number of hydrogen-bond acceptors (Lipinski definition) is 3. The van der Waals surface area contributed by atoms with E-state index in [9.17, 15) is 5.11 Å². The first-order chi connectivity index (χ1) is 16.8. The van der Waals surface area contributed by atoms with Crippen LogP contribution < -0.4 is 0 Å². The van der Waals surface area contributed by atoms with Crippen molar-refractivity contribution in [3.8, 4) is 0 Å². The number of rotatable bonds is 29. The highest BCUT2D eigenvalue weighted by atomic mass is 16.5. The van der Waals surface area contributed by atoms with Crippen LogP contribution in [0.3, 0.4) is 0 Å². The molecule has 1 atom stereocenters. The molecule has 34 heavy (non-hydrogen) atoms. The quantitative estimate of drug-likeness (QED) is 0.108. The molecule has 3 nitrogen and oxygen atoms in total. The molecular formula is C31H65NO2. The molecule has 0 bridgehead atoms. The van der Waals surface area contributed by atoms with E-state index in [1.807, 2.05) is 0 Å². The van der Waals surface area contributed by atoms with Crippen molar-refractivity contribution in [1.29, 1.82) is 0 Å². The minimum Gasteiger partial charge on any atom is -0.396 e. The van der Waals surface area contributed by atoms with E-state index in [4.69, 9.17) is 4.74 Å². The molecule has 0 aromatic rings. The Balaban J connectivity index is 3.89. The van der Waals surface area contributed by atoms with Crippen molar-refractivity contribution >= 4 is 0 Å². The van der Waals surface area contributed by atoms with E-state index in [2.05, 4.69) is 25.7 Å². The van der Waals surface area contributed by atoms with Gasteiger partial charge in [0.2, 0.25) is 0 Å². The summed E-state index contributed by atoms with van der Waals surface area (Å²) < 4.78 is 6.17. The third kappa shape index (κ3) is 25.0. The Hall–Kier alpha value is -0.120. The van der Waals surface area contributed by atoms with Gasteiger partial charge in [-0.3, -0.25) is 0 Å². The zero-order valence-electron chi connectivity index (χ0n) is 24.0. The molecule has 206 valence electrons. The van der Waals surface area contributed by atoms with Gasteiger partial charge in [-0.25, -0.2) is 0 Å². The summed E-state index contributed by atoms with van der Waals surface area (Å²) in [6.07, 6.45) is 28.0. The third-order valence-corrected chi connectivity index (χ3v) is 7.26. The van der Waals surface area contributed by atoms with Gasteiger partial charge in [0, 0.05) is 26.4 Å². The first-order valence-electron chi connectivity index (χ1n) is 15.7. The highest BCUT2D eigenvalue weighted by Gasteiger charge is 2.09. The van der Waals surface area contributed by atoms with Crippen molar-refractivity contribution in [3.63, 3.8) is 0 Å². The Labute approximate surface area is 215 Å². The number of nitrogens with zero attached hydrogens (tertiary/aromatic N) is 1. The van der Waals surface area contributed by atoms with Crippen molar-refractivity contribution in [1.82, 2.24) is 4.90 Å². The van der Waals surface area contributed by atoms with E-state index >= 15 is 0 Å². The second-order valence-corrected chi connectivity index (χ2v) is 10.7. The molecule has 0 radical (unpaired) electrons. The van der Waals surface area contributed by atoms with Gasteiger partial charge in [-0.2, -0.15) is 0 Å². The standard InChI is InChI=1S/C31H65NO2/c1-4-7-10-13-14-18-24-31(23-17-11-8-5-2)30-34-29-21-16-15-20-26-32(27-22-28-33)25-19-12-9-6-3/h31,33H,4-30H2,1-3H3. The van der Waals surface area contributed by atoms with Crippen LogP contribution >= 0.6 is 0 Å². The minimum atomic E-state index is 0.321. The SMILES string of the molecule is CCCCCCCCC(CCCCCC)COCCCCCCN(CCCO)CCCCCC. The van der Waals surface area contributed by atoms with Crippen LogP contribution in [0.15, 0.2) is 0 Å². The van der Waals surface area contributed by atoms with Crippen LogP contribution in [0.2, 0.25) is 0 Å². The molecule has 0 heterocycles. The second kappa shape index (κ2) is 29.1. The molecule has 0 aliphatic rings. The van der Waals surface area contributed by atoms with Gasteiger partial charge in [-0.1, -0.05) is 117 Å². The summed E-state index contributed by atoms with van der Waals surface area (Å²) in [6, 6.07) is 0. The zero-order valence-corrected chi connectivity index (χ0v) is 24.0. The van der Waals surface area contributed by atoms with E-state index < -0.39 is 0 Å². The fraction of sp³-hybridized carbons (Fsp3) is 1.00. The highest BCUT2D eigenvalue weighted by molar-refractivity contribution is 4.62. The lowest BCUT2D eigenvalue weighted by Crippen LogP contribution is -2.27. The molecular weight excluding hydrogens is 418 g/mol. The first-order valence-corrected chi connectivity index (χ1v) is 15.7. The fourth-order valence-electron chi connectivity index (χ4n) is 4.92. The molecule has 0 aliphatic heterocycles. The van der Waals surface area contributed by atoms with E-state index in [-0.39, 0.29) is 0 Å². The van der Waals surface area contributed by atoms with Gasteiger partial charge in [0.1, 0.15) is 0 Å². The van der Waals surface area contributed by atoms with E-state index in [1.54, 1.807) is 0 Å². The predicted molar refractivity (Wildman–Crippen MR) is 152 cm³/mol. The molecule has 0 aliphatic carbocycles. The number of aliphatic hydroxyl groups excluding tert-OH is 1. The molecule has 1 unspecified atom stereocenters. The predicted octanol–water partition coefficient (Wildman–Crippen LogP) is 9.17. The molecule has 0 saturated carbocycles.